The number of rotatable bonds is 35. The molecule has 0 spiro atoms. The van der Waals surface area contributed by atoms with Crippen molar-refractivity contribution in [2.75, 3.05) is 141 Å². The van der Waals surface area contributed by atoms with Crippen molar-refractivity contribution < 1.29 is 73.3 Å². The third-order valence-corrected chi connectivity index (χ3v) is 13.5. The van der Waals surface area contributed by atoms with Crippen LogP contribution in [0.1, 0.15) is 53.7 Å². The summed E-state index contributed by atoms with van der Waals surface area (Å²) in [6.07, 6.45) is 3.03. The Labute approximate surface area is 514 Å². The molecule has 30 nitrogen and oxygen atoms in total. The first kappa shape index (κ1) is 71.1. The summed E-state index contributed by atoms with van der Waals surface area (Å²) in [5.74, 6) is -6.60. The third-order valence-electron chi connectivity index (χ3n) is 13.2. The van der Waals surface area contributed by atoms with Gasteiger partial charge in [-0.3, -0.25) is 58.1 Å². The van der Waals surface area contributed by atoms with Crippen LogP contribution in [0.5, 0.6) is 0 Å². The average molecular weight is 1280 g/mol. The maximum atomic E-state index is 12.9. The number of nitrogens with two attached hydrogens (primary N) is 1. The van der Waals surface area contributed by atoms with Gasteiger partial charge in [-0.2, -0.15) is 4.98 Å². The van der Waals surface area contributed by atoms with Crippen LogP contribution in [0.15, 0.2) is 59.5 Å². The smallest absolute Gasteiger partial charge is 0.480 e. The summed E-state index contributed by atoms with van der Waals surface area (Å²) in [5.41, 5.74) is 8.07. The summed E-state index contributed by atoms with van der Waals surface area (Å²) in [6, 6.07) is 11.4. The van der Waals surface area contributed by atoms with Crippen molar-refractivity contribution in [2.24, 2.45) is 0 Å². The van der Waals surface area contributed by atoms with Gasteiger partial charge >= 0.3 is 49.6 Å². The van der Waals surface area contributed by atoms with E-state index >= 15 is 0 Å². The number of nitrogen functional groups attached to an aromatic ring is 1. The summed E-state index contributed by atoms with van der Waals surface area (Å²) in [4.78, 5) is 118. The molecule has 1 aliphatic heterocycles. The zero-order valence-electron chi connectivity index (χ0n) is 47.7. The van der Waals surface area contributed by atoms with Gasteiger partial charge in [0.1, 0.15) is 12.1 Å². The van der Waals surface area contributed by atoms with Gasteiger partial charge in [-0.25, -0.2) is 14.8 Å². The molecule has 2 amide bonds. The predicted molar refractivity (Wildman–Crippen MR) is 319 cm³/mol. The van der Waals surface area contributed by atoms with Gasteiger partial charge in [-0.05, 0) is 86.3 Å². The maximum Gasteiger partial charge on any atom is 3.00 e. The van der Waals surface area contributed by atoms with Gasteiger partial charge in [0.15, 0.2) is 16.3 Å². The van der Waals surface area contributed by atoms with Crippen LogP contribution in [-0.4, -0.2) is 268 Å². The van der Waals surface area contributed by atoms with Crippen molar-refractivity contribution in [1.82, 2.24) is 55.5 Å². The van der Waals surface area contributed by atoms with Crippen LogP contribution in [0, 0.1) is 0 Å². The Bertz CT molecular complexity index is 2860. The minimum absolute atomic E-state index is 0. The number of nitrogens with one attached hydrogen (secondary N) is 6. The molecule has 0 aliphatic carbocycles. The van der Waals surface area contributed by atoms with E-state index < -0.39 is 53.4 Å². The van der Waals surface area contributed by atoms with Crippen LogP contribution in [-0.2, 0) is 55.9 Å². The number of H-pyrrole nitrogens is 1. The Hall–Kier alpha value is -7.40. The van der Waals surface area contributed by atoms with Crippen LogP contribution < -0.4 is 37.9 Å². The van der Waals surface area contributed by atoms with Gasteiger partial charge < -0.3 is 72.1 Å². The van der Waals surface area contributed by atoms with Crippen molar-refractivity contribution in [3.05, 3.63) is 81.9 Å². The molecule has 0 saturated carbocycles. The zero-order valence-corrected chi connectivity index (χ0v) is 50.9. The largest absolute Gasteiger partial charge is 3.00 e. The number of benzene rings is 2. The first-order chi connectivity index (χ1) is 40.8. The number of aryl methyl sites for hydroxylation is 1. The number of aromatic nitrogens is 4. The number of aliphatic carboxylic acids is 5. The van der Waals surface area contributed by atoms with E-state index in [0.717, 1.165) is 11.3 Å². The van der Waals surface area contributed by atoms with Crippen LogP contribution in [0.2, 0.25) is 0 Å². The van der Waals surface area contributed by atoms with Crippen LogP contribution in [0.3, 0.4) is 0 Å². The molecule has 13 N–H and O–H groups in total. The van der Waals surface area contributed by atoms with E-state index in [9.17, 15) is 63.9 Å². The molecule has 0 bridgehead atoms. The van der Waals surface area contributed by atoms with E-state index in [1.54, 1.807) is 31.7 Å². The molecule has 86 heavy (non-hydrogen) atoms. The number of carbonyl (C=O) groups excluding carboxylic acids is 2. The van der Waals surface area contributed by atoms with Crippen LogP contribution in [0.25, 0.3) is 11.2 Å². The minimum Gasteiger partial charge on any atom is -0.480 e. The molecule has 464 valence electrons. The summed E-state index contributed by atoms with van der Waals surface area (Å²) >= 11 is 5.46. The number of ether oxygens (including phenoxy) is 3. The predicted octanol–water partition coefficient (Wildman–Crippen LogP) is -0.716. The molecule has 1 unspecified atom stereocenters. The second-order valence-electron chi connectivity index (χ2n) is 19.7. The van der Waals surface area contributed by atoms with Gasteiger partial charge in [-0.15, -0.1) is 0 Å². The number of anilines is 3. The molecular formula is C54H76GaN14O16S+3. The Kier molecular flexibility index (Phi) is 31.9. The summed E-state index contributed by atoms with van der Waals surface area (Å²) in [5, 5.41) is 63.6. The van der Waals surface area contributed by atoms with E-state index in [2.05, 4.69) is 46.5 Å². The second-order valence-corrected chi connectivity index (χ2v) is 20.1. The van der Waals surface area contributed by atoms with Gasteiger partial charge in [0.2, 0.25) is 11.9 Å². The molecule has 5 rings (SSSR count). The Morgan fingerprint density at radius 2 is 1.19 bits per heavy atom. The van der Waals surface area contributed by atoms with Gasteiger partial charge in [0.25, 0.3) is 11.5 Å². The first-order valence-corrected chi connectivity index (χ1v) is 28.0. The standard InChI is InChI=1S/C54H76N14O16S.Ga/c55-53-63-48-47(50(77)64-53)60-40(32-59-48)31-58-38-10-6-37(7-11-38)49(76)62-41(51(78)79)12-14-43(69)56-15-1-25-82-27-29-84-30-28-83-26-2-16-57-54(85)61-39-8-3-36(4-9-39)5-13-42(52(80)81)68-23-21-66(34-45(72)73)19-17-65(33-44(70)71)18-20-67(22-24-68)35-46(74)75;/h3-4,6-11,32,41-42,58H,1-2,5,12-31,33-35H2,(H,56,69)(H,62,76)(H,70,71)(H,72,73)(H,74,75)(H,78,79)(H,80,81)(H2,57,61,85)(H3,55,59,63,64,77);/q;+3/t41-,42?;/m0./s1/i;1-2. The molecule has 3 heterocycles. The maximum absolute atomic E-state index is 12.9. The normalized spacial score (nSPS) is 14.5. The molecule has 1 saturated heterocycles. The summed E-state index contributed by atoms with van der Waals surface area (Å²) in [7, 11) is 0. The molecule has 2 atom stereocenters. The summed E-state index contributed by atoms with van der Waals surface area (Å²) < 4.78 is 16.8. The van der Waals surface area contributed by atoms with Crippen molar-refractivity contribution in [3.8, 4) is 0 Å². The number of aromatic amines is 1. The minimum atomic E-state index is -1.30. The molecule has 1 aliphatic rings. The third kappa shape index (κ3) is 27.3. The van der Waals surface area contributed by atoms with Crippen LogP contribution in [0.4, 0.5) is 17.3 Å². The molecule has 1 fully saturated rings. The monoisotopic (exact) mass is 1280 g/mol. The number of hydrogen-bond donors (Lipinski definition) is 12. The SMILES string of the molecule is Nc1nc2ncc(CNc3ccc(C(=O)N[C@@H](CCC(=O)NCCCOCCOCCOCCCNC(=S)Nc4ccc(CCC(C(=O)O)N5CCN(CC(=O)O)CCN(CC(=O)O)CCN(CC(=O)O)CC5)cc4)C(=O)O)cc3)nc2c(=O)[nH]1.[68Ga+3]. The van der Waals surface area contributed by atoms with E-state index in [1.807, 2.05) is 24.3 Å². The fourth-order valence-electron chi connectivity index (χ4n) is 8.78. The van der Waals surface area contributed by atoms with Crippen molar-refractivity contribution in [3.63, 3.8) is 0 Å². The quantitative estimate of drug-likeness (QED) is 0.0154. The average Bonchev–Trinajstić information content (AvgIpc) is 2.19. The van der Waals surface area contributed by atoms with Crippen LogP contribution >= 0.6 is 12.2 Å². The number of fused-ring (bicyclic) bond motifs is 1. The zero-order chi connectivity index (χ0) is 61.5. The number of nitrogens with zero attached hydrogens (tertiary/aromatic N) is 7. The van der Waals surface area contributed by atoms with E-state index in [4.69, 9.17) is 32.2 Å². The van der Waals surface area contributed by atoms with E-state index in [1.165, 1.54) is 18.3 Å². The molecule has 2 aromatic heterocycles. The number of hydrogen-bond acceptors (Lipinski definition) is 21. The van der Waals surface area contributed by atoms with E-state index in [-0.39, 0.29) is 146 Å². The first-order valence-electron chi connectivity index (χ1n) is 27.6. The Balaban J connectivity index is 0.0000158. The molecular weight excluding hydrogens is 1200 g/mol. The van der Waals surface area contributed by atoms with Gasteiger partial charge in [0.05, 0.1) is 64.5 Å². The topological polar surface area (TPSA) is 419 Å². The number of amides is 2. The number of carboxylic acid groups (broad SMARTS) is 5. The van der Waals surface area contributed by atoms with Gasteiger partial charge in [-0.1, -0.05) is 12.1 Å². The Morgan fingerprint density at radius 1 is 0.663 bits per heavy atom. The van der Waals surface area contributed by atoms with Crippen molar-refractivity contribution >= 4 is 107 Å². The van der Waals surface area contributed by atoms with Gasteiger partial charge in [0, 0.05) is 102 Å². The summed E-state index contributed by atoms with van der Waals surface area (Å²) in [6.45, 7) is 4.11. The number of carbonyl (C=O) groups is 7. The molecule has 0 radical (unpaired) electrons. The Morgan fingerprint density at radius 3 is 1.72 bits per heavy atom. The van der Waals surface area contributed by atoms with Crippen molar-refractivity contribution in [1.29, 1.82) is 0 Å². The molecule has 4 aromatic rings. The molecule has 2 aromatic carbocycles. The fraction of sp³-hybridized carbons (Fsp3) is 0.519. The van der Waals surface area contributed by atoms with E-state index in [0.29, 0.717) is 88.5 Å². The van der Waals surface area contributed by atoms with Crippen molar-refractivity contribution in [2.45, 2.75) is 57.2 Å². The second kappa shape index (κ2) is 38.6. The number of thiocarbonyl (C=S) groups is 1. The fourth-order valence-corrected chi connectivity index (χ4v) is 9.00. The number of carboxylic acids is 5. The molecule has 32 heteroatoms.